The Morgan fingerprint density at radius 3 is 2.73 bits per heavy atom. The largest absolute Gasteiger partial charge is 0.405 e. The van der Waals surface area contributed by atoms with Crippen LogP contribution in [0.1, 0.15) is 48.0 Å². The van der Waals surface area contributed by atoms with Crippen molar-refractivity contribution in [3.8, 4) is 0 Å². The summed E-state index contributed by atoms with van der Waals surface area (Å²) in [5, 5.41) is 10.2. The van der Waals surface area contributed by atoms with Crippen LogP contribution in [0.4, 0.5) is 11.7 Å². The van der Waals surface area contributed by atoms with E-state index in [0.717, 1.165) is 17.7 Å². The monoisotopic (exact) mass is 356 g/mol. The number of hydrogen-bond acceptors (Lipinski definition) is 7. The first-order chi connectivity index (χ1) is 12.6. The molecule has 134 valence electrons. The van der Waals surface area contributed by atoms with E-state index in [0.29, 0.717) is 18.2 Å². The van der Waals surface area contributed by atoms with Gasteiger partial charge in [0.1, 0.15) is 6.10 Å². The highest BCUT2D eigenvalue weighted by atomic mass is 16.5. The van der Waals surface area contributed by atoms with Crippen molar-refractivity contribution < 1.29 is 23.5 Å². The Morgan fingerprint density at radius 2 is 2.00 bits per heavy atom. The lowest BCUT2D eigenvalue weighted by molar-refractivity contribution is -0.121. The first kappa shape index (κ1) is 16.4. The molecular weight excluding hydrogens is 340 g/mol. The van der Waals surface area contributed by atoms with Gasteiger partial charge >= 0.3 is 6.01 Å². The first-order valence-corrected chi connectivity index (χ1v) is 8.34. The summed E-state index contributed by atoms with van der Waals surface area (Å²) < 4.78 is 10.9. The van der Waals surface area contributed by atoms with Crippen LogP contribution in [0.2, 0.25) is 0 Å². The van der Waals surface area contributed by atoms with E-state index in [1.807, 2.05) is 0 Å². The van der Waals surface area contributed by atoms with E-state index in [1.165, 1.54) is 6.07 Å². The molecule has 1 atom stereocenters. The number of imide groups is 1. The van der Waals surface area contributed by atoms with Crippen LogP contribution in [-0.4, -0.2) is 34.5 Å². The molecule has 9 heteroatoms. The third kappa shape index (κ3) is 3.08. The molecule has 2 aliphatic rings. The number of anilines is 2. The molecule has 1 N–H and O–H groups in total. The van der Waals surface area contributed by atoms with Gasteiger partial charge in [0.25, 0.3) is 5.91 Å². The molecule has 0 spiro atoms. The highest BCUT2D eigenvalue weighted by Gasteiger charge is 2.30. The molecule has 0 saturated carbocycles. The maximum absolute atomic E-state index is 12.4. The minimum atomic E-state index is -0.478. The van der Waals surface area contributed by atoms with E-state index in [9.17, 15) is 14.4 Å². The number of hydrogen-bond donors (Lipinski definition) is 1. The number of nitrogens with one attached hydrogen (secondary N) is 1. The molecule has 1 aromatic heterocycles. The fourth-order valence-corrected chi connectivity index (χ4v) is 3.01. The summed E-state index contributed by atoms with van der Waals surface area (Å²) in [7, 11) is 0. The smallest absolute Gasteiger partial charge is 0.322 e. The van der Waals surface area contributed by atoms with E-state index in [4.69, 9.17) is 9.15 Å². The number of carbonyl (C=O) groups is 3. The zero-order valence-corrected chi connectivity index (χ0v) is 13.8. The Hall–Kier alpha value is -3.07. The van der Waals surface area contributed by atoms with Gasteiger partial charge in [-0.25, -0.2) is 0 Å². The molecule has 3 amide bonds. The Balaban J connectivity index is 1.49. The predicted octanol–water partition coefficient (Wildman–Crippen LogP) is 1.83. The summed E-state index contributed by atoms with van der Waals surface area (Å²) in [5.41, 5.74) is 0.641. The highest BCUT2D eigenvalue weighted by molar-refractivity contribution is 6.20. The molecule has 2 saturated heterocycles. The van der Waals surface area contributed by atoms with Crippen molar-refractivity contribution in [2.24, 2.45) is 0 Å². The van der Waals surface area contributed by atoms with Crippen molar-refractivity contribution in [2.75, 3.05) is 16.8 Å². The van der Waals surface area contributed by atoms with Crippen LogP contribution in [0.3, 0.4) is 0 Å². The minimum absolute atomic E-state index is 0.0285. The Labute approximate surface area is 148 Å². The standard InChI is InChI=1S/C17H16N4O5/c22-13-6-7-14(23)21(13)11-4-1-3-10(9-11)15(24)18-17-20-19-16(26-17)12-5-2-8-25-12/h1,3-4,9,12H,2,5-8H2,(H,18,20,24). The van der Waals surface area contributed by atoms with Gasteiger partial charge in [-0.15, -0.1) is 5.10 Å². The molecule has 0 radical (unpaired) electrons. The summed E-state index contributed by atoms with van der Waals surface area (Å²) in [4.78, 5) is 37.2. The van der Waals surface area contributed by atoms with Gasteiger partial charge in [0.2, 0.25) is 17.7 Å². The SMILES string of the molecule is O=C(Nc1nnc(C2CCCO2)o1)c1cccc(N2C(=O)CCC2=O)c1. The lowest BCUT2D eigenvalue weighted by atomic mass is 10.2. The molecule has 1 aromatic carbocycles. The van der Waals surface area contributed by atoms with E-state index in [2.05, 4.69) is 15.5 Å². The number of carbonyl (C=O) groups excluding carboxylic acids is 3. The molecular formula is C17H16N4O5. The van der Waals surface area contributed by atoms with Crippen molar-refractivity contribution in [3.63, 3.8) is 0 Å². The second kappa shape index (κ2) is 6.68. The van der Waals surface area contributed by atoms with Gasteiger partial charge in [0.15, 0.2) is 0 Å². The van der Waals surface area contributed by atoms with Crippen LogP contribution in [0, 0.1) is 0 Å². The van der Waals surface area contributed by atoms with Gasteiger partial charge in [0, 0.05) is 25.0 Å². The quantitative estimate of drug-likeness (QED) is 0.831. The number of aromatic nitrogens is 2. The Bertz CT molecular complexity index is 856. The average molecular weight is 356 g/mol. The molecule has 0 aliphatic carbocycles. The van der Waals surface area contributed by atoms with Gasteiger partial charge in [0.05, 0.1) is 5.69 Å². The predicted molar refractivity (Wildman–Crippen MR) is 88.3 cm³/mol. The number of nitrogens with zero attached hydrogens (tertiary/aromatic N) is 3. The summed E-state index contributed by atoms with van der Waals surface area (Å²) >= 11 is 0. The molecule has 2 aromatic rings. The molecule has 2 fully saturated rings. The molecule has 4 rings (SSSR count). The van der Waals surface area contributed by atoms with Crippen molar-refractivity contribution in [3.05, 3.63) is 35.7 Å². The van der Waals surface area contributed by atoms with Crippen LogP contribution in [0.5, 0.6) is 0 Å². The molecule has 26 heavy (non-hydrogen) atoms. The number of ether oxygens (including phenoxy) is 1. The number of amides is 3. The summed E-state index contributed by atoms with van der Waals surface area (Å²) in [6, 6.07) is 6.24. The first-order valence-electron chi connectivity index (χ1n) is 8.34. The van der Waals surface area contributed by atoms with Crippen LogP contribution < -0.4 is 10.2 Å². The van der Waals surface area contributed by atoms with Gasteiger partial charge < -0.3 is 9.15 Å². The summed E-state index contributed by atoms with van der Waals surface area (Å²) in [6.07, 6.45) is 1.86. The van der Waals surface area contributed by atoms with Crippen molar-refractivity contribution >= 4 is 29.4 Å². The van der Waals surface area contributed by atoms with E-state index >= 15 is 0 Å². The normalized spacial score (nSPS) is 20.0. The lowest BCUT2D eigenvalue weighted by Gasteiger charge is -2.14. The third-order valence-electron chi connectivity index (χ3n) is 4.28. The van der Waals surface area contributed by atoms with Crippen LogP contribution in [0.25, 0.3) is 0 Å². The molecule has 1 unspecified atom stereocenters. The van der Waals surface area contributed by atoms with Gasteiger partial charge in [-0.2, -0.15) is 0 Å². The lowest BCUT2D eigenvalue weighted by Crippen LogP contribution is -2.28. The van der Waals surface area contributed by atoms with Crippen LogP contribution >= 0.6 is 0 Å². The van der Waals surface area contributed by atoms with E-state index in [1.54, 1.807) is 18.2 Å². The second-order valence-electron chi connectivity index (χ2n) is 6.07. The zero-order chi connectivity index (χ0) is 18.1. The zero-order valence-electron chi connectivity index (χ0n) is 13.8. The number of benzene rings is 1. The molecule has 0 bridgehead atoms. The van der Waals surface area contributed by atoms with Crippen molar-refractivity contribution in [2.45, 2.75) is 31.8 Å². The molecule has 9 nitrogen and oxygen atoms in total. The average Bonchev–Trinajstić information content (AvgIpc) is 3.37. The van der Waals surface area contributed by atoms with Crippen molar-refractivity contribution in [1.29, 1.82) is 0 Å². The Kier molecular flexibility index (Phi) is 4.21. The second-order valence-corrected chi connectivity index (χ2v) is 6.07. The third-order valence-corrected chi connectivity index (χ3v) is 4.28. The fourth-order valence-electron chi connectivity index (χ4n) is 3.01. The molecule has 3 heterocycles. The van der Waals surface area contributed by atoms with Crippen LogP contribution in [-0.2, 0) is 14.3 Å². The van der Waals surface area contributed by atoms with Crippen molar-refractivity contribution in [1.82, 2.24) is 10.2 Å². The fraction of sp³-hybridized carbons (Fsp3) is 0.353. The number of rotatable bonds is 4. The van der Waals surface area contributed by atoms with E-state index < -0.39 is 5.91 Å². The maximum Gasteiger partial charge on any atom is 0.322 e. The molecule has 2 aliphatic heterocycles. The summed E-state index contributed by atoms with van der Waals surface area (Å²) in [6.45, 7) is 0.648. The highest BCUT2D eigenvalue weighted by Crippen LogP contribution is 2.28. The Morgan fingerprint density at radius 1 is 1.19 bits per heavy atom. The van der Waals surface area contributed by atoms with Crippen LogP contribution in [0.15, 0.2) is 28.7 Å². The minimum Gasteiger partial charge on any atom is -0.405 e. The van der Waals surface area contributed by atoms with Gasteiger partial charge in [-0.05, 0) is 31.0 Å². The topological polar surface area (TPSA) is 115 Å². The van der Waals surface area contributed by atoms with Gasteiger partial charge in [-0.3, -0.25) is 24.6 Å². The van der Waals surface area contributed by atoms with E-state index in [-0.39, 0.29) is 42.3 Å². The summed E-state index contributed by atoms with van der Waals surface area (Å²) in [5.74, 6) is -0.690. The van der Waals surface area contributed by atoms with Gasteiger partial charge in [-0.1, -0.05) is 11.2 Å². The maximum atomic E-state index is 12.4.